The normalized spacial score (nSPS) is 18.7. The molecule has 7 N–H and O–H groups in total. The zero-order chi connectivity index (χ0) is 78.7. The van der Waals surface area contributed by atoms with Gasteiger partial charge in [-0.2, -0.15) is 0 Å². The average molecular weight is 1520 g/mol. The number of fused-ring (bicyclic) bond motifs is 14. The third-order valence-electron chi connectivity index (χ3n) is 22.5. The number of carbonyl (C=O) groups is 7. The summed E-state index contributed by atoms with van der Waals surface area (Å²) in [5, 5.41) is 12.0. The summed E-state index contributed by atoms with van der Waals surface area (Å²) in [6.45, 7) is 20.2. The largest absolute Gasteiger partial charge is 0.488 e. The van der Waals surface area contributed by atoms with Gasteiger partial charge in [0.25, 0.3) is 0 Å². The van der Waals surface area contributed by atoms with Crippen LogP contribution in [-0.2, 0) is 46.5 Å². The van der Waals surface area contributed by atoms with Crippen molar-refractivity contribution in [3.05, 3.63) is 132 Å². The molecule has 586 valence electrons. The Kier molecular flexibility index (Phi) is 20.9. The summed E-state index contributed by atoms with van der Waals surface area (Å²) in [6, 6.07) is 26.2. The van der Waals surface area contributed by atoms with E-state index in [4.69, 9.17) is 48.4 Å². The number of rotatable bonds is 15. The summed E-state index contributed by atoms with van der Waals surface area (Å²) < 4.78 is 33.0. The Bertz CT molecular complexity index is 5320. The average Bonchev–Trinajstić information content (AvgIpc) is 1.54. The van der Waals surface area contributed by atoms with Gasteiger partial charge in [0.2, 0.25) is 17.7 Å². The molecule has 0 bridgehead atoms. The van der Waals surface area contributed by atoms with E-state index in [1.165, 1.54) is 21.3 Å². The van der Waals surface area contributed by atoms with Crippen LogP contribution in [0.4, 0.5) is 19.2 Å². The lowest BCUT2D eigenvalue weighted by atomic mass is 9.92. The summed E-state index contributed by atoms with van der Waals surface area (Å²) in [7, 11) is 3.88. The van der Waals surface area contributed by atoms with Crippen molar-refractivity contribution in [2.24, 2.45) is 17.8 Å². The molecule has 0 saturated carbocycles. The highest BCUT2D eigenvalue weighted by atomic mass is 16.6. The Hall–Kier alpha value is -11.7. The minimum Gasteiger partial charge on any atom is -0.488 e. The van der Waals surface area contributed by atoms with Crippen LogP contribution in [-0.4, -0.2) is 173 Å². The molecule has 4 aromatic heterocycles. The minimum absolute atomic E-state index is 0.112. The second kappa shape index (κ2) is 30.9. The zero-order valence-electron chi connectivity index (χ0n) is 65.3. The van der Waals surface area contributed by atoms with Gasteiger partial charge in [-0.1, -0.05) is 77.9 Å². The lowest BCUT2D eigenvalue weighted by Crippen LogP contribution is -2.51. The van der Waals surface area contributed by atoms with Crippen molar-refractivity contribution in [2.75, 3.05) is 47.5 Å². The number of ether oxygens (including phenoxy) is 6. The van der Waals surface area contributed by atoms with Gasteiger partial charge >= 0.3 is 24.4 Å². The van der Waals surface area contributed by atoms with Gasteiger partial charge in [-0.15, -0.1) is 0 Å². The topological polar surface area (TPSA) is 339 Å². The van der Waals surface area contributed by atoms with Gasteiger partial charge in [0.1, 0.15) is 71.7 Å². The van der Waals surface area contributed by atoms with Crippen molar-refractivity contribution in [2.45, 2.75) is 175 Å². The first-order chi connectivity index (χ1) is 53.9. The van der Waals surface area contributed by atoms with Crippen LogP contribution in [0.5, 0.6) is 11.5 Å². The standard InChI is InChI=1S/C43H50N8O7.C41H47N7O6/c1-22(2)34(48-42(54)56-5)40(52)50-17-7-9-32(50)38-44-20-31(46-38)24-11-12-26-25(19-24)21-58-37-28(26)14-13-27-29(37)15-16-30-36(27)47-39(45-30)33-10-8-18-51(33)41(53)35(23(3)4)49-43(55)57-6;1-22(2)33(46-39(50)52-6)38(49)47-17-7-10-32(47)37-43-29-16-15-28-26(34(29)45-37)13-14-27-25-12-11-23(19-24(25)21-53-35(27)28)30-20-42-36(44-30)31-9-8-18-48(31)40(51)54-41(3,4)5/h11-16,19-20,22-23,32-35H,7-10,17-18,21H2,1-6H3,(H,44,46)(H,45,47)(H,48,54)(H,49,55);11-16,19-20,22,31-33H,7-10,17-18,21H2,1-6H3,(H,42,44)(H,43,45)(H,46,50)/t32-,33-,34-,35-;31-,32-,33-/m00/s1. The number of aromatic nitrogens is 8. The molecule has 6 aliphatic heterocycles. The van der Waals surface area contributed by atoms with E-state index in [-0.39, 0.29) is 65.7 Å². The first-order valence-corrected chi connectivity index (χ1v) is 38.8. The maximum absolute atomic E-state index is 13.7. The Morgan fingerprint density at radius 2 is 0.795 bits per heavy atom. The molecule has 28 nitrogen and oxygen atoms in total. The highest BCUT2D eigenvalue weighted by Gasteiger charge is 2.42. The van der Waals surface area contributed by atoms with E-state index in [1.807, 2.05) is 102 Å². The summed E-state index contributed by atoms with van der Waals surface area (Å²) in [6.07, 6.45) is 7.98. The fourth-order valence-corrected chi connectivity index (χ4v) is 16.9. The Labute approximate surface area is 648 Å². The van der Waals surface area contributed by atoms with Crippen LogP contribution in [0.15, 0.2) is 97.3 Å². The molecule has 0 spiro atoms. The molecule has 7 atom stereocenters. The van der Waals surface area contributed by atoms with Crippen molar-refractivity contribution in [1.29, 1.82) is 0 Å². The number of imidazole rings is 4. The van der Waals surface area contributed by atoms with Gasteiger partial charge in [-0.05, 0) is 172 Å². The molecule has 4 fully saturated rings. The molecular formula is C84H97N15O13. The maximum Gasteiger partial charge on any atom is 0.410 e. The van der Waals surface area contributed by atoms with Crippen molar-refractivity contribution in [1.82, 2.24) is 75.4 Å². The number of methoxy groups -OCH3 is 3. The summed E-state index contributed by atoms with van der Waals surface area (Å²) in [4.78, 5) is 131. The second-order valence-electron chi connectivity index (χ2n) is 31.9. The number of nitrogens with zero attached hydrogens (tertiary/aromatic N) is 8. The fourth-order valence-electron chi connectivity index (χ4n) is 16.9. The van der Waals surface area contributed by atoms with Crippen molar-refractivity contribution < 1.29 is 62.0 Å². The number of nitrogens with one attached hydrogen (secondary N) is 7. The van der Waals surface area contributed by atoms with Crippen LogP contribution >= 0.6 is 0 Å². The van der Waals surface area contributed by atoms with Crippen LogP contribution in [0.1, 0.15) is 172 Å². The van der Waals surface area contributed by atoms with E-state index in [2.05, 4.69) is 109 Å². The number of alkyl carbamates (subject to hydrolysis) is 3. The number of amides is 7. The molecule has 0 aliphatic carbocycles. The lowest BCUT2D eigenvalue weighted by Gasteiger charge is -2.30. The number of hydrogen-bond acceptors (Lipinski definition) is 17. The molecular weight excluding hydrogens is 1430 g/mol. The van der Waals surface area contributed by atoms with Crippen molar-refractivity contribution >= 4 is 85.7 Å². The van der Waals surface area contributed by atoms with E-state index in [0.29, 0.717) is 45.2 Å². The number of hydrogen-bond donors (Lipinski definition) is 7. The van der Waals surface area contributed by atoms with Gasteiger partial charge in [0.15, 0.2) is 0 Å². The smallest absolute Gasteiger partial charge is 0.410 e. The second-order valence-corrected chi connectivity index (χ2v) is 31.9. The van der Waals surface area contributed by atoms with Crippen LogP contribution in [0, 0.1) is 17.8 Å². The molecule has 28 heteroatoms. The molecule has 112 heavy (non-hydrogen) atoms. The van der Waals surface area contributed by atoms with Crippen LogP contribution in [0.2, 0.25) is 0 Å². The number of aromatic amines is 4. The molecule has 7 amide bonds. The lowest BCUT2D eigenvalue weighted by molar-refractivity contribution is -0.136. The maximum atomic E-state index is 13.7. The van der Waals surface area contributed by atoms with E-state index in [1.54, 1.807) is 4.90 Å². The van der Waals surface area contributed by atoms with Crippen molar-refractivity contribution in [3.63, 3.8) is 0 Å². The summed E-state index contributed by atoms with van der Waals surface area (Å²) >= 11 is 0. The minimum atomic E-state index is -0.708. The van der Waals surface area contributed by atoms with Gasteiger partial charge in [0, 0.05) is 58.9 Å². The molecule has 10 heterocycles. The zero-order valence-corrected chi connectivity index (χ0v) is 65.3. The molecule has 6 aliphatic rings. The predicted octanol–water partition coefficient (Wildman–Crippen LogP) is 14.5. The fraction of sp³-hybridized carbons (Fsp3) is 0.440. The Morgan fingerprint density at radius 3 is 1.16 bits per heavy atom. The van der Waals surface area contributed by atoms with E-state index in [0.717, 1.165) is 180 Å². The van der Waals surface area contributed by atoms with Crippen LogP contribution in [0.3, 0.4) is 0 Å². The van der Waals surface area contributed by atoms with E-state index < -0.39 is 42.0 Å². The molecule has 0 unspecified atom stereocenters. The van der Waals surface area contributed by atoms with Crippen LogP contribution in [0.25, 0.3) is 88.4 Å². The predicted molar refractivity (Wildman–Crippen MR) is 420 cm³/mol. The molecule has 10 aromatic rings. The van der Waals surface area contributed by atoms with Crippen LogP contribution < -0.4 is 25.4 Å². The van der Waals surface area contributed by atoms with E-state index >= 15 is 0 Å². The van der Waals surface area contributed by atoms with Gasteiger partial charge < -0.3 is 79.0 Å². The SMILES string of the molecule is COC(=O)N[C@H](C(=O)N1CCC[C@H]1c1nc2c(ccc3c4c(ccc32)-c2ccc(-c3cnc([C@@H]5CCCN5C(=O)OC(C)(C)C)[nH]3)cc2CO4)[nH]1)C(C)C.COC(=O)N[C@H](C(=O)N1CCC[C@H]1c1ncc(-c2ccc3c(c2)COc2c-3ccc3c2ccc2[nH]c([C@@H]4CCCN4C(=O)[C@@H](NC(=O)OC)C(C)C)nc23)[nH]1)C(C)C. The van der Waals surface area contributed by atoms with Gasteiger partial charge in [0.05, 0.1) is 91.3 Å². The molecule has 4 saturated heterocycles. The third kappa shape index (κ3) is 14.5. The highest BCUT2D eigenvalue weighted by molar-refractivity contribution is 6.11. The quantitative estimate of drug-likeness (QED) is 0.0469. The molecule has 0 radical (unpaired) electrons. The number of likely N-dealkylation sites (tertiary alicyclic amines) is 4. The first kappa shape index (κ1) is 75.7. The summed E-state index contributed by atoms with van der Waals surface area (Å²) in [5.41, 5.74) is 12.8. The first-order valence-electron chi connectivity index (χ1n) is 38.8. The molecule has 16 rings (SSSR count). The number of benzene rings is 6. The Balaban J connectivity index is 0.000000178. The monoisotopic (exact) mass is 1520 g/mol. The molecule has 6 aromatic carbocycles. The summed E-state index contributed by atoms with van der Waals surface area (Å²) in [5.74, 6) is 3.74. The van der Waals surface area contributed by atoms with Crippen molar-refractivity contribution in [3.8, 4) is 56.3 Å². The third-order valence-corrected chi connectivity index (χ3v) is 22.5. The van der Waals surface area contributed by atoms with Gasteiger partial charge in [-0.3, -0.25) is 19.3 Å². The Morgan fingerprint density at radius 1 is 0.446 bits per heavy atom. The van der Waals surface area contributed by atoms with Gasteiger partial charge in [-0.25, -0.2) is 39.1 Å². The highest BCUT2D eigenvalue weighted by Crippen LogP contribution is 2.48. The van der Waals surface area contributed by atoms with E-state index in [9.17, 15) is 33.6 Å². The number of H-pyrrole nitrogens is 4. The number of carbonyl (C=O) groups excluding carboxylic acids is 7.